The van der Waals surface area contributed by atoms with Crippen LogP contribution in [0.2, 0.25) is 0 Å². The topological polar surface area (TPSA) is 56.7 Å². The molecule has 0 spiro atoms. The minimum absolute atomic E-state index is 0.665. The van der Waals surface area contributed by atoms with Gasteiger partial charge >= 0.3 is 0 Å². The lowest BCUT2D eigenvalue weighted by atomic mass is 10.3. The fourth-order valence-corrected chi connectivity index (χ4v) is 1.46. The van der Waals surface area contributed by atoms with Crippen LogP contribution in [0.1, 0.15) is 19.8 Å². The highest BCUT2D eigenvalue weighted by atomic mass is 15.1. The fourth-order valence-electron chi connectivity index (χ4n) is 1.46. The number of imidazole rings is 1. The first-order valence-electron chi connectivity index (χ1n) is 4.87. The molecule has 0 saturated heterocycles. The molecule has 0 fully saturated rings. The lowest BCUT2D eigenvalue weighted by Crippen LogP contribution is -1.97. The van der Waals surface area contributed by atoms with Crippen molar-refractivity contribution in [3.63, 3.8) is 0 Å². The average molecular weight is 190 g/mol. The summed E-state index contributed by atoms with van der Waals surface area (Å²) in [5.74, 6) is 0. The van der Waals surface area contributed by atoms with Crippen molar-refractivity contribution < 1.29 is 0 Å². The molecule has 0 radical (unpaired) electrons. The van der Waals surface area contributed by atoms with Crippen LogP contribution < -0.4 is 5.73 Å². The fraction of sp³-hybridized carbons (Fsp3) is 0.400. The van der Waals surface area contributed by atoms with Crippen LogP contribution in [-0.4, -0.2) is 14.5 Å². The second kappa shape index (κ2) is 3.65. The van der Waals surface area contributed by atoms with E-state index >= 15 is 0 Å². The normalized spacial score (nSPS) is 10.9. The molecule has 0 saturated carbocycles. The first-order valence-corrected chi connectivity index (χ1v) is 4.87. The van der Waals surface area contributed by atoms with Gasteiger partial charge in [-0.1, -0.05) is 13.3 Å². The zero-order chi connectivity index (χ0) is 9.97. The van der Waals surface area contributed by atoms with Crippen LogP contribution in [-0.2, 0) is 6.54 Å². The molecular formula is C10H14N4. The summed E-state index contributed by atoms with van der Waals surface area (Å²) in [7, 11) is 0. The third-order valence-electron chi connectivity index (χ3n) is 2.23. The van der Waals surface area contributed by atoms with Gasteiger partial charge in [-0.3, -0.25) is 0 Å². The van der Waals surface area contributed by atoms with E-state index in [2.05, 4.69) is 21.5 Å². The van der Waals surface area contributed by atoms with Crippen molar-refractivity contribution in [1.82, 2.24) is 14.5 Å². The van der Waals surface area contributed by atoms with E-state index in [0.29, 0.717) is 5.69 Å². The van der Waals surface area contributed by atoms with Gasteiger partial charge in [0.2, 0.25) is 0 Å². The van der Waals surface area contributed by atoms with Gasteiger partial charge in [0, 0.05) is 6.54 Å². The van der Waals surface area contributed by atoms with E-state index in [1.165, 1.54) is 6.42 Å². The van der Waals surface area contributed by atoms with Gasteiger partial charge in [0.1, 0.15) is 5.52 Å². The van der Waals surface area contributed by atoms with E-state index in [4.69, 9.17) is 5.73 Å². The molecule has 2 aromatic heterocycles. The Morgan fingerprint density at radius 2 is 2.29 bits per heavy atom. The van der Waals surface area contributed by atoms with Gasteiger partial charge < -0.3 is 10.3 Å². The zero-order valence-electron chi connectivity index (χ0n) is 8.27. The Labute approximate surface area is 82.8 Å². The standard InChI is InChI=1S/C10H14N4/c1-2-3-4-14-7-13-9-5-8(11)6-12-10(9)14/h5-7H,2-4,11H2,1H3. The summed E-state index contributed by atoms with van der Waals surface area (Å²) in [5.41, 5.74) is 8.09. The molecule has 0 aliphatic heterocycles. The molecule has 14 heavy (non-hydrogen) atoms. The van der Waals surface area contributed by atoms with E-state index in [0.717, 1.165) is 24.1 Å². The van der Waals surface area contributed by atoms with Gasteiger partial charge in [-0.05, 0) is 12.5 Å². The second-order valence-electron chi connectivity index (χ2n) is 3.40. The Bertz CT molecular complexity index is 433. The van der Waals surface area contributed by atoms with Crippen LogP contribution in [0.25, 0.3) is 11.2 Å². The number of hydrogen-bond acceptors (Lipinski definition) is 3. The molecule has 0 amide bonds. The molecule has 4 nitrogen and oxygen atoms in total. The minimum Gasteiger partial charge on any atom is -0.397 e. The number of fused-ring (bicyclic) bond motifs is 1. The monoisotopic (exact) mass is 190 g/mol. The van der Waals surface area contributed by atoms with E-state index in [-0.39, 0.29) is 0 Å². The predicted molar refractivity (Wildman–Crippen MR) is 56.8 cm³/mol. The molecule has 2 N–H and O–H groups in total. The van der Waals surface area contributed by atoms with E-state index in [1.54, 1.807) is 6.20 Å². The molecule has 2 heterocycles. The van der Waals surface area contributed by atoms with Crippen molar-refractivity contribution in [2.75, 3.05) is 5.73 Å². The molecule has 0 aromatic carbocycles. The lowest BCUT2D eigenvalue weighted by molar-refractivity contribution is 0.642. The summed E-state index contributed by atoms with van der Waals surface area (Å²) in [4.78, 5) is 8.52. The Morgan fingerprint density at radius 1 is 1.43 bits per heavy atom. The van der Waals surface area contributed by atoms with Gasteiger partial charge in [0.15, 0.2) is 5.65 Å². The first kappa shape index (κ1) is 8.99. The number of hydrogen-bond donors (Lipinski definition) is 1. The van der Waals surface area contributed by atoms with Crippen molar-refractivity contribution in [3.8, 4) is 0 Å². The molecule has 0 atom stereocenters. The number of rotatable bonds is 3. The molecular weight excluding hydrogens is 176 g/mol. The maximum Gasteiger partial charge on any atom is 0.159 e. The summed E-state index contributed by atoms with van der Waals surface area (Å²) in [5, 5.41) is 0. The summed E-state index contributed by atoms with van der Waals surface area (Å²) in [6, 6.07) is 1.85. The highest BCUT2D eigenvalue weighted by molar-refractivity contribution is 5.74. The Hall–Kier alpha value is -1.58. The molecule has 0 bridgehead atoms. The van der Waals surface area contributed by atoms with Crippen LogP contribution in [0.5, 0.6) is 0 Å². The van der Waals surface area contributed by atoms with Crippen LogP contribution >= 0.6 is 0 Å². The number of anilines is 1. The van der Waals surface area contributed by atoms with E-state index in [1.807, 2.05) is 12.4 Å². The number of aryl methyl sites for hydroxylation is 1. The third kappa shape index (κ3) is 1.55. The van der Waals surface area contributed by atoms with Crippen molar-refractivity contribution >= 4 is 16.9 Å². The minimum atomic E-state index is 0.665. The summed E-state index contributed by atoms with van der Waals surface area (Å²) in [6.45, 7) is 3.15. The van der Waals surface area contributed by atoms with Crippen molar-refractivity contribution in [3.05, 3.63) is 18.6 Å². The maximum absolute atomic E-state index is 5.62. The number of pyridine rings is 1. The Balaban J connectivity index is 2.37. The number of aromatic nitrogens is 3. The molecule has 0 aliphatic rings. The molecule has 4 heteroatoms. The predicted octanol–water partition coefficient (Wildman–Crippen LogP) is 1.81. The van der Waals surface area contributed by atoms with Crippen molar-refractivity contribution in [1.29, 1.82) is 0 Å². The van der Waals surface area contributed by atoms with Gasteiger partial charge in [-0.2, -0.15) is 0 Å². The van der Waals surface area contributed by atoms with Gasteiger partial charge in [0.05, 0.1) is 18.2 Å². The zero-order valence-corrected chi connectivity index (χ0v) is 8.27. The third-order valence-corrected chi connectivity index (χ3v) is 2.23. The SMILES string of the molecule is CCCCn1cnc2cc(N)cnc21. The number of nitrogens with two attached hydrogens (primary N) is 1. The van der Waals surface area contributed by atoms with Gasteiger partial charge in [-0.15, -0.1) is 0 Å². The quantitative estimate of drug-likeness (QED) is 0.803. The summed E-state index contributed by atoms with van der Waals surface area (Å²) in [6.07, 6.45) is 5.82. The van der Waals surface area contributed by atoms with Gasteiger partial charge in [-0.25, -0.2) is 9.97 Å². The summed E-state index contributed by atoms with van der Waals surface area (Å²) >= 11 is 0. The van der Waals surface area contributed by atoms with Crippen molar-refractivity contribution in [2.24, 2.45) is 0 Å². The van der Waals surface area contributed by atoms with Crippen LogP contribution in [0.4, 0.5) is 5.69 Å². The second-order valence-corrected chi connectivity index (χ2v) is 3.40. The number of nitrogens with zero attached hydrogens (tertiary/aromatic N) is 3. The van der Waals surface area contributed by atoms with Gasteiger partial charge in [0.25, 0.3) is 0 Å². The molecule has 74 valence electrons. The van der Waals surface area contributed by atoms with Crippen LogP contribution in [0, 0.1) is 0 Å². The lowest BCUT2D eigenvalue weighted by Gasteiger charge is -2.01. The smallest absolute Gasteiger partial charge is 0.159 e. The van der Waals surface area contributed by atoms with E-state index < -0.39 is 0 Å². The number of unbranched alkanes of at least 4 members (excludes halogenated alkanes) is 1. The van der Waals surface area contributed by atoms with Crippen LogP contribution in [0.15, 0.2) is 18.6 Å². The average Bonchev–Trinajstić information content (AvgIpc) is 2.57. The molecule has 2 rings (SSSR count). The molecule has 0 aliphatic carbocycles. The molecule has 2 aromatic rings. The van der Waals surface area contributed by atoms with E-state index in [9.17, 15) is 0 Å². The highest BCUT2D eigenvalue weighted by Crippen LogP contribution is 2.13. The highest BCUT2D eigenvalue weighted by Gasteiger charge is 2.02. The molecule has 0 unspecified atom stereocenters. The Kier molecular flexibility index (Phi) is 2.35. The number of nitrogen functional groups attached to an aromatic ring is 1. The Morgan fingerprint density at radius 3 is 3.07 bits per heavy atom. The van der Waals surface area contributed by atoms with Crippen molar-refractivity contribution in [2.45, 2.75) is 26.3 Å². The van der Waals surface area contributed by atoms with Crippen LogP contribution in [0.3, 0.4) is 0 Å². The largest absolute Gasteiger partial charge is 0.397 e. The summed E-state index contributed by atoms with van der Waals surface area (Å²) < 4.78 is 2.07. The maximum atomic E-state index is 5.62. The first-order chi connectivity index (χ1) is 6.81.